The van der Waals surface area contributed by atoms with Crippen LogP contribution in [-0.2, 0) is 39.0 Å². The predicted molar refractivity (Wildman–Crippen MR) is 194 cm³/mol. The van der Waals surface area contributed by atoms with E-state index in [2.05, 4.69) is 18.6 Å². The molecule has 0 aliphatic carbocycles. The summed E-state index contributed by atoms with van der Waals surface area (Å²) in [5, 5.41) is 77.1. The first-order chi connectivity index (χ1) is 25.2. The molecule has 10 atom stereocenters. The molecule has 9 N–H and O–H groups in total. The second-order valence-corrected chi connectivity index (χ2v) is 17.3. The molecule has 2 heterocycles. The Balaban J connectivity index is 0.000000561. The summed E-state index contributed by atoms with van der Waals surface area (Å²) in [6.45, 7) is 4.29. The second kappa shape index (κ2) is 27.1. The molecule has 0 radical (unpaired) electrons. The highest BCUT2D eigenvalue weighted by Crippen LogP contribution is 2.30. The number of nitrogens with zero attached hydrogens (tertiary/aromatic N) is 1. The second-order valence-electron chi connectivity index (χ2n) is 13.4. The van der Waals surface area contributed by atoms with Crippen molar-refractivity contribution in [2.24, 2.45) is 0 Å². The van der Waals surface area contributed by atoms with Crippen LogP contribution in [0.3, 0.4) is 0 Å². The van der Waals surface area contributed by atoms with Gasteiger partial charge in [0.1, 0.15) is 48.8 Å². The van der Waals surface area contributed by atoms with E-state index in [4.69, 9.17) is 29.2 Å². The number of aliphatic hydroxyl groups is 8. The topological polar surface area (TPSA) is 282 Å². The van der Waals surface area contributed by atoms with E-state index in [0.29, 0.717) is 26.3 Å². The largest absolute Gasteiger partial charge is 0.394 e. The Morgan fingerprint density at radius 3 is 1.53 bits per heavy atom. The van der Waals surface area contributed by atoms with Crippen LogP contribution in [0.25, 0.3) is 0 Å². The molecule has 2 saturated heterocycles. The molecule has 20 heteroatoms. The number of methoxy groups -OCH3 is 1. The summed E-state index contributed by atoms with van der Waals surface area (Å²) >= 11 is 0. The van der Waals surface area contributed by atoms with Gasteiger partial charge in [-0.05, 0) is 12.8 Å². The third-order valence-corrected chi connectivity index (χ3v) is 12.8. The first-order valence-corrected chi connectivity index (χ1v) is 21.9. The zero-order valence-electron chi connectivity index (χ0n) is 31.5. The van der Waals surface area contributed by atoms with Gasteiger partial charge in [-0.3, -0.25) is 0 Å². The zero-order chi connectivity index (χ0) is 40.0. The maximum Gasteiger partial charge on any atom is 0.244 e. The maximum atomic E-state index is 13.3. The Bertz CT molecular complexity index is 1140. The van der Waals surface area contributed by atoms with E-state index < -0.39 is 93.0 Å². The van der Waals surface area contributed by atoms with Gasteiger partial charge in [-0.25, -0.2) is 21.6 Å². The molecular weight excluding hydrogens is 744 g/mol. The average molecular weight is 813 g/mol. The summed E-state index contributed by atoms with van der Waals surface area (Å²) < 4.78 is 74.3. The van der Waals surface area contributed by atoms with Crippen LogP contribution in [0.1, 0.15) is 90.9 Å². The molecule has 53 heavy (non-hydrogen) atoms. The van der Waals surface area contributed by atoms with Crippen molar-refractivity contribution in [3.05, 3.63) is 0 Å². The van der Waals surface area contributed by atoms with Crippen molar-refractivity contribution in [1.82, 2.24) is 9.03 Å². The fraction of sp³-hybridized carbons (Fsp3) is 1.00. The van der Waals surface area contributed by atoms with Crippen LogP contribution in [0, 0.1) is 0 Å². The van der Waals surface area contributed by atoms with Crippen LogP contribution >= 0.6 is 0 Å². The van der Waals surface area contributed by atoms with Gasteiger partial charge in [-0.1, -0.05) is 78.1 Å². The van der Waals surface area contributed by atoms with E-state index in [0.717, 1.165) is 64.2 Å². The number of nitrogens with one attached hydrogen (secondary N) is 1. The number of hydrogen-bond donors (Lipinski definition) is 9. The molecule has 0 unspecified atom stereocenters. The fourth-order valence-corrected chi connectivity index (χ4v) is 9.10. The minimum atomic E-state index is -4.10. The Labute approximate surface area is 315 Å². The summed E-state index contributed by atoms with van der Waals surface area (Å²) in [4.78, 5) is 0. The van der Waals surface area contributed by atoms with Gasteiger partial charge in [0.15, 0.2) is 0 Å². The van der Waals surface area contributed by atoms with E-state index in [9.17, 15) is 47.5 Å². The molecule has 0 aromatic carbocycles. The van der Waals surface area contributed by atoms with Gasteiger partial charge in [-0.2, -0.15) is 4.31 Å². The van der Waals surface area contributed by atoms with E-state index >= 15 is 0 Å². The number of ether oxygens (including phenoxy) is 4. The normalized spacial score (nSPS) is 27.5. The standard InChI is InChI=1S/C22H45NO7S.C11H23NO9S/c1-3-5-7-9-11-13-15-23(16-14-12-10-8-6-4-2)31(28,29)22-20(27)19(26)21(30-22)18(25)17-24;1-19-4-5-20-3-2-12-22(17,18)11-9(16)8(15)10(21-11)7(14)6-13/h18-22,24-27H,3-17H2,1-2H3;7-16H,2-6H2,1H3/t18-,19-,20-,21-,22+;7-,8-,9-,10+,11+/m11/s1. The lowest BCUT2D eigenvalue weighted by Crippen LogP contribution is -2.45. The van der Waals surface area contributed by atoms with Crippen molar-refractivity contribution in [1.29, 1.82) is 0 Å². The van der Waals surface area contributed by atoms with Crippen LogP contribution in [0.5, 0.6) is 0 Å². The van der Waals surface area contributed by atoms with E-state index in [1.807, 2.05) is 0 Å². The molecule has 2 aliphatic heterocycles. The molecular formula is C33H68N2O16S2. The quantitative estimate of drug-likeness (QED) is 0.0407. The minimum absolute atomic E-state index is 0.0536. The van der Waals surface area contributed by atoms with E-state index in [1.54, 1.807) is 0 Å². The third-order valence-electron chi connectivity index (χ3n) is 9.11. The van der Waals surface area contributed by atoms with Gasteiger partial charge in [0.25, 0.3) is 0 Å². The monoisotopic (exact) mass is 812 g/mol. The third kappa shape index (κ3) is 16.8. The van der Waals surface area contributed by atoms with Crippen LogP contribution in [-0.4, -0.2) is 181 Å². The fourth-order valence-electron chi connectivity index (χ4n) is 5.92. The SMILES string of the molecule is CCCCCCCCN(CCCCCCCC)S(=O)(=O)[C@@H]1O[C@H]([C@H](O)CO)[C@H](O)[C@H]1O.COCCOCCNS(=O)(=O)[C@@H]1O[C@@H]([C@H](O)CO)[C@H](O)[C@H]1O. The first-order valence-electron chi connectivity index (χ1n) is 18.8. The number of sulfonamides is 2. The van der Waals surface area contributed by atoms with Crippen molar-refractivity contribution in [2.45, 2.75) is 151 Å². The summed E-state index contributed by atoms with van der Waals surface area (Å²) in [7, 11) is -6.63. The van der Waals surface area contributed by atoms with E-state index in [-0.39, 0.29) is 13.2 Å². The van der Waals surface area contributed by atoms with Crippen LogP contribution in [0.2, 0.25) is 0 Å². The lowest BCUT2D eigenvalue weighted by molar-refractivity contribution is -0.0724. The Hall–Kier alpha value is -0.660. The Kier molecular flexibility index (Phi) is 25.7. The van der Waals surface area contributed by atoms with Gasteiger partial charge in [-0.15, -0.1) is 0 Å². The average Bonchev–Trinajstić information content (AvgIpc) is 3.62. The van der Waals surface area contributed by atoms with Gasteiger partial charge in [0, 0.05) is 26.7 Å². The highest BCUT2D eigenvalue weighted by molar-refractivity contribution is 7.90. The molecule has 0 saturated carbocycles. The maximum absolute atomic E-state index is 13.3. The number of unbranched alkanes of at least 4 members (excludes halogenated alkanes) is 10. The number of hydrogen-bond acceptors (Lipinski definition) is 16. The molecule has 0 spiro atoms. The van der Waals surface area contributed by atoms with Crippen molar-refractivity contribution in [2.75, 3.05) is 59.8 Å². The summed E-state index contributed by atoms with van der Waals surface area (Å²) in [5.74, 6) is 0. The van der Waals surface area contributed by atoms with Crippen molar-refractivity contribution >= 4 is 20.0 Å². The Morgan fingerprint density at radius 1 is 0.642 bits per heavy atom. The van der Waals surface area contributed by atoms with Crippen LogP contribution in [0.15, 0.2) is 0 Å². The Morgan fingerprint density at radius 2 is 1.08 bits per heavy atom. The predicted octanol–water partition coefficient (Wildman–Crippen LogP) is -1.49. The smallest absolute Gasteiger partial charge is 0.244 e. The summed E-state index contributed by atoms with van der Waals surface area (Å²) in [6.07, 6.45) is 0.0721. The van der Waals surface area contributed by atoms with Crippen LogP contribution < -0.4 is 4.72 Å². The number of rotatable bonds is 28. The molecule has 0 amide bonds. The number of aliphatic hydroxyl groups excluding tert-OH is 8. The highest BCUT2D eigenvalue weighted by Gasteiger charge is 2.53. The van der Waals surface area contributed by atoms with Gasteiger partial charge >= 0.3 is 0 Å². The molecule has 2 fully saturated rings. The zero-order valence-corrected chi connectivity index (χ0v) is 33.2. The molecule has 2 rings (SSSR count). The van der Waals surface area contributed by atoms with Crippen molar-refractivity contribution in [3.8, 4) is 0 Å². The summed E-state index contributed by atoms with van der Waals surface area (Å²) in [5.41, 5.74) is -3.39. The minimum Gasteiger partial charge on any atom is -0.394 e. The van der Waals surface area contributed by atoms with Gasteiger partial charge in [0.05, 0.1) is 33.0 Å². The molecule has 0 aromatic heterocycles. The highest BCUT2D eigenvalue weighted by atomic mass is 32.2. The first kappa shape index (κ1) is 50.4. The molecule has 0 aromatic rings. The lowest BCUT2D eigenvalue weighted by atomic mass is 10.1. The lowest BCUT2D eigenvalue weighted by Gasteiger charge is -2.27. The molecule has 2 aliphatic rings. The van der Waals surface area contributed by atoms with Gasteiger partial charge in [0.2, 0.25) is 30.9 Å². The van der Waals surface area contributed by atoms with E-state index in [1.165, 1.54) is 24.3 Å². The molecule has 0 bridgehead atoms. The molecule has 318 valence electrons. The van der Waals surface area contributed by atoms with Gasteiger partial charge < -0.3 is 59.8 Å². The van der Waals surface area contributed by atoms with Crippen molar-refractivity contribution in [3.63, 3.8) is 0 Å². The molecule has 18 nitrogen and oxygen atoms in total. The summed E-state index contributed by atoms with van der Waals surface area (Å²) in [6, 6.07) is 0. The van der Waals surface area contributed by atoms with Crippen LogP contribution in [0.4, 0.5) is 0 Å². The van der Waals surface area contributed by atoms with Crippen molar-refractivity contribution < 1.29 is 76.6 Å².